The number of pyridine rings is 1. The Bertz CT molecular complexity index is 750. The molecule has 7 heteroatoms. The lowest BCUT2D eigenvalue weighted by atomic mass is 10.2. The summed E-state index contributed by atoms with van der Waals surface area (Å²) >= 11 is 0. The molecule has 158 valence electrons. The highest BCUT2D eigenvalue weighted by atomic mass is 16.5. The third-order valence-electron chi connectivity index (χ3n) is 4.52. The lowest BCUT2D eigenvalue weighted by Crippen LogP contribution is -2.31. The van der Waals surface area contributed by atoms with Gasteiger partial charge in [-0.05, 0) is 50.9 Å². The number of hydrogen-bond acceptors (Lipinski definition) is 7. The van der Waals surface area contributed by atoms with E-state index in [2.05, 4.69) is 56.8 Å². The summed E-state index contributed by atoms with van der Waals surface area (Å²) in [5.74, 6) is 0.427. The molecule has 0 fully saturated rings. The number of nitrogens with two attached hydrogens (primary N) is 1. The zero-order valence-electron chi connectivity index (χ0n) is 17.8. The molecule has 7 nitrogen and oxygen atoms in total. The van der Waals surface area contributed by atoms with Crippen LogP contribution >= 0.6 is 0 Å². The quantitative estimate of drug-likeness (QED) is 0.271. The molecule has 0 saturated heterocycles. The smallest absolute Gasteiger partial charge is 0.151 e. The van der Waals surface area contributed by atoms with Gasteiger partial charge in [0, 0.05) is 38.3 Å². The molecule has 0 amide bonds. The van der Waals surface area contributed by atoms with Gasteiger partial charge in [-0.25, -0.2) is 4.98 Å². The number of aryl methyl sites for hydroxylation is 1. The summed E-state index contributed by atoms with van der Waals surface area (Å²) in [6.07, 6.45) is 5.64. The topological polar surface area (TPSA) is 87.8 Å². The van der Waals surface area contributed by atoms with Crippen molar-refractivity contribution in [3.05, 3.63) is 42.1 Å². The van der Waals surface area contributed by atoms with Crippen LogP contribution in [0.3, 0.4) is 0 Å². The minimum absolute atomic E-state index is 0.427. The summed E-state index contributed by atoms with van der Waals surface area (Å²) in [6, 6.07) is 10.4. The van der Waals surface area contributed by atoms with Crippen LogP contribution in [-0.4, -0.2) is 51.2 Å². The van der Waals surface area contributed by atoms with E-state index in [1.807, 2.05) is 19.9 Å². The molecular weight excluding hydrogens is 364 g/mol. The Kier molecular flexibility index (Phi) is 9.95. The molecule has 2 rings (SSSR count). The molecule has 0 aliphatic heterocycles. The molecule has 0 spiro atoms. The predicted octanol–water partition coefficient (Wildman–Crippen LogP) is 3.59. The first-order chi connectivity index (χ1) is 14.1. The largest absolute Gasteiger partial charge is 0.383 e. The van der Waals surface area contributed by atoms with Gasteiger partial charge in [-0.15, -0.1) is 0 Å². The standard InChI is InChI=1S/C22H34N6O/c1-4-29-15-14-26-21-20(18(2)16-27-22(21)23)25-13-9-8-12-24-17-28(3)19-10-6-5-7-11-19/h5-7,10-11,14,16,24H,4,8-9,12-13,15,17H2,1-3H3,(H3,23,25,27). The normalized spacial score (nSPS) is 11.1. The predicted molar refractivity (Wildman–Crippen MR) is 123 cm³/mol. The van der Waals surface area contributed by atoms with E-state index in [0.29, 0.717) is 24.7 Å². The van der Waals surface area contributed by atoms with Crippen molar-refractivity contribution in [3.63, 3.8) is 0 Å². The van der Waals surface area contributed by atoms with Crippen molar-refractivity contribution in [3.8, 4) is 0 Å². The van der Waals surface area contributed by atoms with Crippen LogP contribution in [0.5, 0.6) is 0 Å². The molecule has 0 aliphatic rings. The van der Waals surface area contributed by atoms with Crippen molar-refractivity contribution in [1.29, 1.82) is 0 Å². The van der Waals surface area contributed by atoms with E-state index in [4.69, 9.17) is 10.5 Å². The number of hydrogen-bond donors (Lipinski definition) is 3. The summed E-state index contributed by atoms with van der Waals surface area (Å²) < 4.78 is 5.30. The average Bonchev–Trinajstić information content (AvgIpc) is 2.74. The molecule has 0 unspecified atom stereocenters. The lowest BCUT2D eigenvalue weighted by molar-refractivity contribution is 0.190. The average molecular weight is 399 g/mol. The highest BCUT2D eigenvalue weighted by molar-refractivity contribution is 5.82. The second-order valence-electron chi connectivity index (χ2n) is 6.85. The van der Waals surface area contributed by atoms with Crippen LogP contribution in [-0.2, 0) is 4.74 Å². The second-order valence-corrected chi connectivity index (χ2v) is 6.85. The number of anilines is 3. The van der Waals surface area contributed by atoms with Crippen LogP contribution in [0.2, 0.25) is 0 Å². The summed E-state index contributed by atoms with van der Waals surface area (Å²) in [4.78, 5) is 10.9. The minimum atomic E-state index is 0.427. The molecule has 29 heavy (non-hydrogen) atoms. The van der Waals surface area contributed by atoms with Crippen molar-refractivity contribution in [2.24, 2.45) is 4.99 Å². The molecule has 0 atom stereocenters. The van der Waals surface area contributed by atoms with E-state index in [1.54, 1.807) is 12.4 Å². The summed E-state index contributed by atoms with van der Waals surface area (Å²) in [5, 5.41) is 6.96. The zero-order valence-corrected chi connectivity index (χ0v) is 17.8. The van der Waals surface area contributed by atoms with E-state index < -0.39 is 0 Å². The lowest BCUT2D eigenvalue weighted by Gasteiger charge is -2.19. The molecule has 0 radical (unpaired) electrons. The maximum atomic E-state index is 6.03. The van der Waals surface area contributed by atoms with E-state index in [9.17, 15) is 0 Å². The molecular formula is C22H34N6O. The number of rotatable bonds is 13. The molecule has 2 aromatic rings. The number of nitrogens with one attached hydrogen (secondary N) is 2. The van der Waals surface area contributed by atoms with Gasteiger partial charge in [-0.3, -0.25) is 10.3 Å². The summed E-state index contributed by atoms with van der Waals surface area (Å²) in [5.41, 5.74) is 9.91. The molecule has 1 heterocycles. The third-order valence-corrected chi connectivity index (χ3v) is 4.52. The number of benzene rings is 1. The maximum Gasteiger partial charge on any atom is 0.151 e. The molecule has 0 aliphatic carbocycles. The Hall–Kier alpha value is -2.64. The Labute approximate surface area is 174 Å². The van der Waals surface area contributed by atoms with Gasteiger partial charge in [0.25, 0.3) is 0 Å². The van der Waals surface area contributed by atoms with Crippen LogP contribution in [0.15, 0.2) is 41.5 Å². The number of unbranched alkanes of at least 4 members (excludes halogenated alkanes) is 1. The van der Waals surface area contributed by atoms with Gasteiger partial charge >= 0.3 is 0 Å². The number of ether oxygens (including phenoxy) is 1. The number of para-hydroxylation sites is 1. The number of nitrogens with zero attached hydrogens (tertiary/aromatic N) is 3. The van der Waals surface area contributed by atoms with Gasteiger partial charge in [-0.1, -0.05) is 18.2 Å². The number of aromatic nitrogens is 1. The van der Waals surface area contributed by atoms with Crippen LogP contribution in [0.4, 0.5) is 22.9 Å². The molecule has 0 saturated carbocycles. The van der Waals surface area contributed by atoms with E-state index >= 15 is 0 Å². The van der Waals surface area contributed by atoms with Crippen LogP contribution in [0.1, 0.15) is 25.3 Å². The van der Waals surface area contributed by atoms with Gasteiger partial charge in [0.05, 0.1) is 19.0 Å². The highest BCUT2D eigenvalue weighted by Crippen LogP contribution is 2.32. The number of nitrogen functional groups attached to an aromatic ring is 1. The molecule has 0 bridgehead atoms. The first-order valence-electron chi connectivity index (χ1n) is 10.2. The summed E-state index contributed by atoms with van der Waals surface area (Å²) in [7, 11) is 2.09. The van der Waals surface area contributed by atoms with Crippen LogP contribution < -0.4 is 21.3 Å². The van der Waals surface area contributed by atoms with Crippen molar-refractivity contribution in [2.45, 2.75) is 26.7 Å². The fourth-order valence-electron chi connectivity index (χ4n) is 2.87. The van der Waals surface area contributed by atoms with Crippen molar-refractivity contribution >= 4 is 29.1 Å². The molecule has 1 aromatic heterocycles. The zero-order chi connectivity index (χ0) is 20.9. The fourth-order valence-corrected chi connectivity index (χ4v) is 2.87. The molecule has 4 N–H and O–H groups in total. The van der Waals surface area contributed by atoms with Crippen molar-refractivity contribution < 1.29 is 4.74 Å². The first-order valence-corrected chi connectivity index (χ1v) is 10.2. The van der Waals surface area contributed by atoms with E-state index in [1.165, 1.54) is 5.69 Å². The maximum absolute atomic E-state index is 6.03. The van der Waals surface area contributed by atoms with Crippen molar-refractivity contribution in [1.82, 2.24) is 10.3 Å². The Morgan fingerprint density at radius 2 is 1.97 bits per heavy atom. The van der Waals surface area contributed by atoms with Gasteiger partial charge in [0.15, 0.2) is 5.82 Å². The molecule has 1 aromatic carbocycles. The van der Waals surface area contributed by atoms with Crippen molar-refractivity contribution in [2.75, 3.05) is 56.0 Å². The van der Waals surface area contributed by atoms with Gasteiger partial charge < -0.3 is 20.7 Å². The van der Waals surface area contributed by atoms with Gasteiger partial charge in [0.1, 0.15) is 5.69 Å². The summed E-state index contributed by atoms with van der Waals surface area (Å²) in [6.45, 7) is 7.75. The monoisotopic (exact) mass is 398 g/mol. The van der Waals surface area contributed by atoms with Crippen LogP contribution in [0.25, 0.3) is 0 Å². The van der Waals surface area contributed by atoms with Gasteiger partial charge in [-0.2, -0.15) is 0 Å². The van der Waals surface area contributed by atoms with E-state index in [-0.39, 0.29) is 0 Å². The SMILES string of the molecule is CCOCC=Nc1c(N)ncc(C)c1NCCCCNCN(C)c1ccccc1. The Morgan fingerprint density at radius 3 is 2.72 bits per heavy atom. The first kappa shape index (κ1) is 22.6. The minimum Gasteiger partial charge on any atom is -0.383 e. The Morgan fingerprint density at radius 1 is 1.21 bits per heavy atom. The number of aliphatic imine (C=N–C) groups is 1. The second kappa shape index (κ2) is 12.7. The van der Waals surface area contributed by atoms with Gasteiger partial charge in [0.2, 0.25) is 0 Å². The highest BCUT2D eigenvalue weighted by Gasteiger charge is 2.09. The fraction of sp³-hybridized carbons (Fsp3) is 0.455. The Balaban J connectivity index is 1.73. The van der Waals surface area contributed by atoms with Crippen LogP contribution in [0, 0.1) is 6.92 Å². The van der Waals surface area contributed by atoms with E-state index in [0.717, 1.165) is 43.9 Å². The third kappa shape index (κ3) is 7.71.